The Morgan fingerprint density at radius 3 is 2.79 bits per heavy atom. The number of nitrogens with zero attached hydrogens (tertiary/aromatic N) is 1. The molecule has 0 saturated heterocycles. The molecule has 2 aromatic heterocycles. The number of hydrogen-bond acceptors (Lipinski definition) is 6. The predicted molar refractivity (Wildman–Crippen MR) is 115 cm³/mol. The molecular weight excluding hydrogens is 406 g/mol. The van der Waals surface area contributed by atoms with Crippen LogP contribution in [-0.2, 0) is 17.8 Å². The first-order chi connectivity index (χ1) is 14.1. The van der Waals surface area contributed by atoms with Gasteiger partial charge >= 0.3 is 0 Å². The molecule has 150 valence electrons. The predicted octanol–water partition coefficient (Wildman–Crippen LogP) is 4.20. The van der Waals surface area contributed by atoms with Gasteiger partial charge in [-0.2, -0.15) is 0 Å². The van der Waals surface area contributed by atoms with E-state index in [0.717, 1.165) is 34.7 Å². The Kier molecular flexibility index (Phi) is 5.92. The van der Waals surface area contributed by atoms with Crippen LogP contribution in [0.5, 0.6) is 5.75 Å². The molecule has 0 radical (unpaired) electrons. The molecule has 0 bridgehead atoms. The van der Waals surface area contributed by atoms with Gasteiger partial charge in [-0.1, -0.05) is 6.07 Å². The molecule has 1 aliphatic carbocycles. The van der Waals surface area contributed by atoms with Crippen LogP contribution < -0.4 is 15.4 Å². The maximum Gasteiger partial charge on any atom is 0.257 e. The number of amides is 2. The third kappa shape index (κ3) is 4.49. The standard InChI is InChI=1S/C21H21N3O3S2/c1-27-14-9-7-13(8-10-14)19(25)24-21-23-18-16(5-2-6-17(18)29-21)20(26)22-12-15-4-3-11-28-15/h3-4,7-11,16H,2,5-6,12H2,1H3,(H,22,26)(H,23,24,25)/t16-/m1/s1. The lowest BCUT2D eigenvalue weighted by molar-refractivity contribution is -0.123. The molecule has 29 heavy (non-hydrogen) atoms. The lowest BCUT2D eigenvalue weighted by Crippen LogP contribution is -2.30. The van der Waals surface area contributed by atoms with Crippen molar-refractivity contribution in [1.82, 2.24) is 10.3 Å². The van der Waals surface area contributed by atoms with Crippen molar-refractivity contribution in [1.29, 1.82) is 0 Å². The molecule has 3 aromatic rings. The summed E-state index contributed by atoms with van der Waals surface area (Å²) >= 11 is 3.08. The summed E-state index contributed by atoms with van der Waals surface area (Å²) in [5, 5.41) is 8.42. The molecule has 0 saturated carbocycles. The zero-order chi connectivity index (χ0) is 20.2. The minimum Gasteiger partial charge on any atom is -0.497 e. The third-order valence-electron chi connectivity index (χ3n) is 4.86. The van der Waals surface area contributed by atoms with E-state index >= 15 is 0 Å². The highest BCUT2D eigenvalue weighted by atomic mass is 32.1. The number of ether oxygens (including phenoxy) is 1. The maximum atomic E-state index is 12.7. The van der Waals surface area contributed by atoms with Crippen LogP contribution in [0.15, 0.2) is 41.8 Å². The van der Waals surface area contributed by atoms with Gasteiger partial charge in [0, 0.05) is 15.3 Å². The molecule has 2 N–H and O–H groups in total. The van der Waals surface area contributed by atoms with Gasteiger partial charge in [-0.25, -0.2) is 4.98 Å². The molecule has 1 aliphatic rings. The molecule has 0 spiro atoms. The molecule has 0 unspecified atom stereocenters. The first kappa shape index (κ1) is 19.6. The number of rotatable bonds is 6. The average Bonchev–Trinajstić information content (AvgIpc) is 3.41. The number of methoxy groups -OCH3 is 1. The number of nitrogens with one attached hydrogen (secondary N) is 2. The number of hydrogen-bond donors (Lipinski definition) is 2. The van der Waals surface area contributed by atoms with Crippen molar-refractivity contribution in [3.63, 3.8) is 0 Å². The third-order valence-corrected chi connectivity index (χ3v) is 6.78. The van der Waals surface area contributed by atoms with Gasteiger partial charge in [0.2, 0.25) is 5.91 Å². The molecule has 0 fully saturated rings. The normalized spacial score (nSPS) is 15.4. The van der Waals surface area contributed by atoms with Crippen LogP contribution >= 0.6 is 22.7 Å². The van der Waals surface area contributed by atoms with Gasteiger partial charge in [0.15, 0.2) is 5.13 Å². The van der Waals surface area contributed by atoms with Crippen LogP contribution in [0.4, 0.5) is 5.13 Å². The second kappa shape index (κ2) is 8.75. The topological polar surface area (TPSA) is 80.3 Å². The first-order valence-corrected chi connectivity index (χ1v) is 11.1. The van der Waals surface area contributed by atoms with Crippen LogP contribution in [0.2, 0.25) is 0 Å². The molecule has 0 aliphatic heterocycles. The molecule has 8 heteroatoms. The molecular formula is C21H21N3O3S2. The number of aromatic nitrogens is 1. The SMILES string of the molecule is COc1ccc(C(=O)Nc2nc3c(s2)CCC[C@H]3C(=O)NCc2cccs2)cc1. The fourth-order valence-electron chi connectivity index (χ4n) is 3.35. The monoisotopic (exact) mass is 427 g/mol. The average molecular weight is 428 g/mol. The van der Waals surface area contributed by atoms with E-state index in [-0.39, 0.29) is 17.7 Å². The summed E-state index contributed by atoms with van der Waals surface area (Å²) in [5.41, 5.74) is 1.33. The number of carbonyl (C=O) groups excluding carboxylic acids is 2. The number of thiophene rings is 1. The van der Waals surface area contributed by atoms with Crippen LogP contribution in [0.25, 0.3) is 0 Å². The van der Waals surface area contributed by atoms with Crippen molar-refractivity contribution in [2.45, 2.75) is 31.7 Å². The van der Waals surface area contributed by atoms with Crippen molar-refractivity contribution in [3.05, 3.63) is 62.8 Å². The van der Waals surface area contributed by atoms with Gasteiger partial charge in [0.25, 0.3) is 5.91 Å². The number of aryl methyl sites for hydroxylation is 1. The molecule has 6 nitrogen and oxygen atoms in total. The van der Waals surface area contributed by atoms with E-state index in [1.165, 1.54) is 11.3 Å². The van der Waals surface area contributed by atoms with Crippen molar-refractivity contribution in [2.75, 3.05) is 12.4 Å². The number of carbonyl (C=O) groups is 2. The second-order valence-electron chi connectivity index (χ2n) is 6.75. The Morgan fingerprint density at radius 1 is 1.24 bits per heavy atom. The molecule has 2 heterocycles. The Balaban J connectivity index is 1.44. The van der Waals surface area contributed by atoms with E-state index in [0.29, 0.717) is 23.0 Å². The quantitative estimate of drug-likeness (QED) is 0.618. The van der Waals surface area contributed by atoms with E-state index in [4.69, 9.17) is 4.74 Å². The fourth-order valence-corrected chi connectivity index (χ4v) is 5.05. The van der Waals surface area contributed by atoms with Crippen molar-refractivity contribution in [3.8, 4) is 5.75 Å². The molecule has 1 atom stereocenters. The van der Waals surface area contributed by atoms with Gasteiger partial charge in [-0.05, 0) is 55.0 Å². The Bertz CT molecular complexity index is 997. The Labute approximate surface area is 176 Å². The van der Waals surface area contributed by atoms with E-state index < -0.39 is 0 Å². The van der Waals surface area contributed by atoms with Crippen molar-refractivity contribution < 1.29 is 14.3 Å². The smallest absolute Gasteiger partial charge is 0.257 e. The molecule has 1 aromatic carbocycles. The summed E-state index contributed by atoms with van der Waals surface area (Å²) in [6.45, 7) is 0.535. The van der Waals surface area contributed by atoms with Gasteiger partial charge < -0.3 is 10.1 Å². The van der Waals surface area contributed by atoms with Gasteiger partial charge in [0.1, 0.15) is 5.75 Å². The zero-order valence-corrected chi connectivity index (χ0v) is 17.6. The first-order valence-electron chi connectivity index (χ1n) is 9.39. The van der Waals surface area contributed by atoms with Crippen LogP contribution in [0, 0.1) is 0 Å². The highest BCUT2D eigenvalue weighted by Gasteiger charge is 2.30. The minimum absolute atomic E-state index is 0.00215. The minimum atomic E-state index is -0.262. The summed E-state index contributed by atoms with van der Waals surface area (Å²) in [6, 6.07) is 10.9. The summed E-state index contributed by atoms with van der Waals surface area (Å²) in [5.74, 6) is 0.208. The van der Waals surface area contributed by atoms with Gasteiger partial charge in [-0.15, -0.1) is 22.7 Å². The lowest BCUT2D eigenvalue weighted by Gasteiger charge is -2.20. The number of anilines is 1. The highest BCUT2D eigenvalue weighted by Crippen LogP contribution is 2.37. The van der Waals surface area contributed by atoms with Gasteiger partial charge in [-0.3, -0.25) is 14.9 Å². The van der Waals surface area contributed by atoms with E-state index in [1.54, 1.807) is 42.7 Å². The van der Waals surface area contributed by atoms with Crippen molar-refractivity contribution in [2.24, 2.45) is 0 Å². The van der Waals surface area contributed by atoms with Crippen LogP contribution in [0.1, 0.15) is 44.6 Å². The largest absolute Gasteiger partial charge is 0.497 e. The Morgan fingerprint density at radius 2 is 2.07 bits per heavy atom. The lowest BCUT2D eigenvalue weighted by atomic mass is 9.90. The summed E-state index contributed by atoms with van der Waals surface area (Å²) in [4.78, 5) is 32.0. The number of benzene rings is 1. The maximum absolute atomic E-state index is 12.7. The van der Waals surface area contributed by atoms with E-state index in [2.05, 4.69) is 15.6 Å². The van der Waals surface area contributed by atoms with Crippen molar-refractivity contribution >= 4 is 39.6 Å². The molecule has 4 rings (SSSR count). The zero-order valence-electron chi connectivity index (χ0n) is 15.9. The van der Waals surface area contributed by atoms with Gasteiger partial charge in [0.05, 0.1) is 25.3 Å². The van der Waals surface area contributed by atoms with Crippen LogP contribution in [0.3, 0.4) is 0 Å². The van der Waals surface area contributed by atoms with E-state index in [9.17, 15) is 9.59 Å². The Hall–Kier alpha value is -2.71. The highest BCUT2D eigenvalue weighted by molar-refractivity contribution is 7.16. The second-order valence-corrected chi connectivity index (χ2v) is 8.87. The summed E-state index contributed by atoms with van der Waals surface area (Å²) < 4.78 is 5.12. The van der Waals surface area contributed by atoms with Crippen LogP contribution in [-0.4, -0.2) is 23.9 Å². The fraction of sp³-hybridized carbons (Fsp3) is 0.286. The number of thiazole rings is 1. The van der Waals surface area contributed by atoms with E-state index in [1.807, 2.05) is 17.5 Å². The number of fused-ring (bicyclic) bond motifs is 1. The molecule has 2 amide bonds. The summed E-state index contributed by atoms with van der Waals surface area (Å²) in [7, 11) is 1.59. The summed E-state index contributed by atoms with van der Waals surface area (Å²) in [6.07, 6.45) is 2.61.